The molecule has 0 aliphatic heterocycles. The zero-order valence-corrected chi connectivity index (χ0v) is 11.6. The number of rotatable bonds is 5. The smallest absolute Gasteiger partial charge is 0.123 e. The lowest BCUT2D eigenvalue weighted by atomic mass is 9.91. The highest BCUT2D eigenvalue weighted by molar-refractivity contribution is 9.10. The molecule has 0 aliphatic rings. The molecule has 1 aromatic rings. The van der Waals surface area contributed by atoms with Crippen molar-refractivity contribution < 1.29 is 9.84 Å². The summed E-state index contributed by atoms with van der Waals surface area (Å²) in [5.41, 5.74) is 0.727. The fourth-order valence-corrected chi connectivity index (χ4v) is 2.15. The molecule has 0 aromatic heterocycles. The van der Waals surface area contributed by atoms with E-state index in [4.69, 9.17) is 4.74 Å². The van der Waals surface area contributed by atoms with E-state index in [9.17, 15) is 10.4 Å². The van der Waals surface area contributed by atoms with Gasteiger partial charge in [-0.1, -0.05) is 29.3 Å². The number of benzene rings is 1. The molecule has 2 atom stereocenters. The van der Waals surface area contributed by atoms with Gasteiger partial charge < -0.3 is 9.84 Å². The Kier molecular flexibility index (Phi) is 5.46. The number of methoxy groups -OCH3 is 1. The first kappa shape index (κ1) is 14.0. The summed E-state index contributed by atoms with van der Waals surface area (Å²) in [6.07, 6.45) is 0.789. The third-order valence-corrected chi connectivity index (χ3v) is 3.13. The lowest BCUT2D eigenvalue weighted by Crippen LogP contribution is -2.17. The maximum atomic E-state index is 9.98. The number of hydrogen-bond donors (Lipinski definition) is 1. The van der Waals surface area contributed by atoms with Gasteiger partial charge in [0, 0.05) is 10.0 Å². The zero-order valence-electron chi connectivity index (χ0n) is 9.98. The predicted octanol–water partition coefficient (Wildman–Crippen LogP) is 3.23. The van der Waals surface area contributed by atoms with E-state index in [1.165, 1.54) is 0 Å². The molecule has 0 radical (unpaired) electrons. The predicted molar refractivity (Wildman–Crippen MR) is 70.0 cm³/mol. The summed E-state index contributed by atoms with van der Waals surface area (Å²) in [5, 5.41) is 19.2. The van der Waals surface area contributed by atoms with Gasteiger partial charge in [-0.2, -0.15) is 5.26 Å². The van der Waals surface area contributed by atoms with E-state index < -0.39 is 12.0 Å². The largest absolute Gasteiger partial charge is 0.496 e. The summed E-state index contributed by atoms with van der Waals surface area (Å²) in [6.45, 7) is 1.98. The van der Waals surface area contributed by atoms with Crippen LogP contribution in [-0.4, -0.2) is 18.3 Å². The normalized spacial score (nSPS) is 13.8. The number of nitrogens with zero attached hydrogens (tertiary/aromatic N) is 1. The van der Waals surface area contributed by atoms with Crippen LogP contribution in [-0.2, 0) is 0 Å². The molecule has 0 saturated heterocycles. The second-order valence-corrected chi connectivity index (χ2v) is 4.76. The molecule has 1 rings (SSSR count). The van der Waals surface area contributed by atoms with Gasteiger partial charge in [0.15, 0.2) is 0 Å². The van der Waals surface area contributed by atoms with Crippen molar-refractivity contribution >= 4 is 15.9 Å². The second kappa shape index (κ2) is 6.63. The minimum Gasteiger partial charge on any atom is -0.496 e. The minimum atomic E-state index is -0.659. The van der Waals surface area contributed by atoms with Crippen molar-refractivity contribution in [1.82, 2.24) is 0 Å². The van der Waals surface area contributed by atoms with Gasteiger partial charge in [-0.05, 0) is 24.6 Å². The highest BCUT2D eigenvalue weighted by atomic mass is 79.9. The minimum absolute atomic E-state index is 0.553. The summed E-state index contributed by atoms with van der Waals surface area (Å²) in [6, 6.07) is 7.62. The molecule has 0 saturated carbocycles. The van der Waals surface area contributed by atoms with Crippen molar-refractivity contribution in [1.29, 1.82) is 5.26 Å². The van der Waals surface area contributed by atoms with Crippen LogP contribution in [0.2, 0.25) is 0 Å². The molecule has 2 unspecified atom stereocenters. The second-order valence-electron chi connectivity index (χ2n) is 3.85. The number of nitriles is 1. The molecule has 3 nitrogen and oxygen atoms in total. The van der Waals surface area contributed by atoms with Crippen LogP contribution in [0.4, 0.5) is 0 Å². The third-order valence-electron chi connectivity index (χ3n) is 2.64. The molecule has 0 heterocycles. The topological polar surface area (TPSA) is 53.2 Å². The summed E-state index contributed by atoms with van der Waals surface area (Å²) < 4.78 is 6.10. The summed E-state index contributed by atoms with van der Waals surface area (Å²) >= 11 is 3.36. The molecule has 1 N–H and O–H groups in total. The fourth-order valence-electron chi connectivity index (χ4n) is 1.77. The van der Waals surface area contributed by atoms with Crippen LogP contribution in [0, 0.1) is 11.3 Å². The Balaban J connectivity index is 3.10. The molecule has 1 aromatic carbocycles. The summed E-state index contributed by atoms with van der Waals surface area (Å²) in [4.78, 5) is 0. The van der Waals surface area contributed by atoms with E-state index in [0.717, 1.165) is 16.5 Å². The van der Waals surface area contributed by atoms with Gasteiger partial charge in [0.2, 0.25) is 0 Å². The number of hydrogen-bond acceptors (Lipinski definition) is 3. The molecular formula is C13H16BrNO2. The Morgan fingerprint density at radius 1 is 1.53 bits per heavy atom. The molecule has 0 amide bonds. The van der Waals surface area contributed by atoms with Gasteiger partial charge in [0.05, 0.1) is 19.3 Å². The Labute approximate surface area is 110 Å². The Hall–Kier alpha value is -1.05. The van der Waals surface area contributed by atoms with Crippen molar-refractivity contribution in [3.8, 4) is 11.8 Å². The maximum absolute atomic E-state index is 9.98. The maximum Gasteiger partial charge on any atom is 0.123 e. The van der Waals surface area contributed by atoms with Crippen LogP contribution in [0.5, 0.6) is 5.75 Å². The third kappa shape index (κ3) is 3.45. The summed E-state index contributed by atoms with van der Waals surface area (Å²) in [5.74, 6) is 0.0808. The molecular weight excluding hydrogens is 282 g/mol. The zero-order chi connectivity index (χ0) is 12.8. The van der Waals surface area contributed by atoms with E-state index in [1.54, 1.807) is 13.2 Å². The van der Waals surface area contributed by atoms with Gasteiger partial charge in [-0.25, -0.2) is 0 Å². The van der Waals surface area contributed by atoms with Crippen LogP contribution < -0.4 is 4.74 Å². The molecule has 4 heteroatoms. The fraction of sp³-hybridized carbons (Fsp3) is 0.462. The monoisotopic (exact) mass is 297 g/mol. The van der Waals surface area contributed by atoms with Crippen molar-refractivity contribution in [3.05, 3.63) is 28.2 Å². The molecule has 92 valence electrons. The average molecular weight is 298 g/mol. The van der Waals surface area contributed by atoms with Crippen LogP contribution >= 0.6 is 15.9 Å². The molecule has 0 bridgehead atoms. The lowest BCUT2D eigenvalue weighted by Gasteiger charge is -2.19. The number of aliphatic hydroxyl groups is 1. The SMILES string of the molecule is CCCC(O)C(C#N)c1cc(Br)ccc1OC. The van der Waals surface area contributed by atoms with E-state index in [1.807, 2.05) is 19.1 Å². The molecule has 0 spiro atoms. The Morgan fingerprint density at radius 2 is 2.24 bits per heavy atom. The highest BCUT2D eigenvalue weighted by Gasteiger charge is 2.23. The molecule has 17 heavy (non-hydrogen) atoms. The van der Waals surface area contributed by atoms with Gasteiger partial charge in [-0.3, -0.25) is 0 Å². The molecule has 0 aliphatic carbocycles. The van der Waals surface area contributed by atoms with Gasteiger partial charge in [0.25, 0.3) is 0 Å². The number of aliphatic hydroxyl groups excluding tert-OH is 1. The van der Waals surface area contributed by atoms with E-state index in [0.29, 0.717) is 12.2 Å². The first-order valence-corrected chi connectivity index (χ1v) is 6.34. The first-order valence-electron chi connectivity index (χ1n) is 5.55. The van der Waals surface area contributed by atoms with E-state index in [2.05, 4.69) is 22.0 Å². The van der Waals surface area contributed by atoms with Gasteiger partial charge in [0.1, 0.15) is 11.7 Å². The van der Waals surface area contributed by atoms with Crippen molar-refractivity contribution in [2.45, 2.75) is 31.8 Å². The van der Waals surface area contributed by atoms with E-state index in [-0.39, 0.29) is 0 Å². The first-order chi connectivity index (χ1) is 8.13. The van der Waals surface area contributed by atoms with Crippen LogP contribution in [0.1, 0.15) is 31.2 Å². The number of ether oxygens (including phenoxy) is 1. The quantitative estimate of drug-likeness (QED) is 0.908. The van der Waals surface area contributed by atoms with Crippen molar-refractivity contribution in [3.63, 3.8) is 0 Å². The Morgan fingerprint density at radius 3 is 2.76 bits per heavy atom. The molecule has 0 fully saturated rings. The Bertz CT molecular complexity index is 414. The summed E-state index contributed by atoms with van der Waals surface area (Å²) in [7, 11) is 1.56. The highest BCUT2D eigenvalue weighted by Crippen LogP contribution is 2.32. The van der Waals surface area contributed by atoms with Gasteiger partial charge >= 0.3 is 0 Å². The van der Waals surface area contributed by atoms with Crippen LogP contribution in [0.25, 0.3) is 0 Å². The van der Waals surface area contributed by atoms with Crippen molar-refractivity contribution in [2.75, 3.05) is 7.11 Å². The average Bonchev–Trinajstić information content (AvgIpc) is 2.31. The standard InChI is InChI=1S/C13H16BrNO2/c1-3-4-12(16)11(8-15)10-7-9(14)5-6-13(10)17-2/h5-7,11-12,16H,3-4H2,1-2H3. The van der Waals surface area contributed by atoms with Gasteiger partial charge in [-0.15, -0.1) is 0 Å². The van der Waals surface area contributed by atoms with E-state index >= 15 is 0 Å². The van der Waals surface area contributed by atoms with Crippen LogP contribution in [0.3, 0.4) is 0 Å². The van der Waals surface area contributed by atoms with Crippen molar-refractivity contribution in [2.24, 2.45) is 0 Å². The number of halogens is 1. The lowest BCUT2D eigenvalue weighted by molar-refractivity contribution is 0.149. The van der Waals surface area contributed by atoms with Crippen LogP contribution in [0.15, 0.2) is 22.7 Å².